The standard InChI is InChI=1S/C20H20N4O2/c25-20(26)17-3-1-2-16(10-17)12-23(18-8-9-18)11-15-4-6-19(7-5-15)24-14-21-13-22-24/h1-7,10,13-14,18H,8-9,11-12H2,(H,25,26). The number of hydrogen-bond acceptors (Lipinski definition) is 4. The van der Waals surface area contributed by atoms with Crippen molar-refractivity contribution < 1.29 is 9.90 Å². The van der Waals surface area contributed by atoms with Crippen molar-refractivity contribution in [2.24, 2.45) is 0 Å². The van der Waals surface area contributed by atoms with Crippen LogP contribution in [0, 0.1) is 0 Å². The third kappa shape index (κ3) is 3.81. The number of rotatable bonds is 7. The van der Waals surface area contributed by atoms with E-state index < -0.39 is 5.97 Å². The highest BCUT2D eigenvalue weighted by Gasteiger charge is 2.29. The Morgan fingerprint density at radius 1 is 1.12 bits per heavy atom. The molecule has 0 bridgehead atoms. The molecule has 0 aliphatic heterocycles. The minimum absolute atomic E-state index is 0.343. The van der Waals surface area contributed by atoms with Crippen molar-refractivity contribution in [3.8, 4) is 5.69 Å². The molecule has 0 atom stereocenters. The Bertz CT molecular complexity index is 886. The topological polar surface area (TPSA) is 71.2 Å². The molecule has 26 heavy (non-hydrogen) atoms. The lowest BCUT2D eigenvalue weighted by molar-refractivity contribution is 0.0696. The molecule has 0 amide bonds. The second-order valence-corrected chi connectivity index (χ2v) is 6.65. The highest BCUT2D eigenvalue weighted by Crippen LogP contribution is 2.30. The Kier molecular flexibility index (Phi) is 4.50. The van der Waals surface area contributed by atoms with Crippen molar-refractivity contribution >= 4 is 5.97 Å². The maximum absolute atomic E-state index is 11.2. The molecule has 1 aliphatic carbocycles. The molecule has 1 aliphatic rings. The van der Waals surface area contributed by atoms with Crippen LogP contribution in [0.5, 0.6) is 0 Å². The van der Waals surface area contributed by atoms with Gasteiger partial charge in [-0.3, -0.25) is 4.90 Å². The largest absolute Gasteiger partial charge is 0.478 e. The monoisotopic (exact) mass is 348 g/mol. The van der Waals surface area contributed by atoms with Gasteiger partial charge in [-0.1, -0.05) is 24.3 Å². The summed E-state index contributed by atoms with van der Waals surface area (Å²) in [7, 11) is 0. The molecule has 132 valence electrons. The van der Waals surface area contributed by atoms with Crippen LogP contribution in [0.3, 0.4) is 0 Å². The fourth-order valence-corrected chi connectivity index (χ4v) is 3.12. The molecule has 4 rings (SSSR count). The van der Waals surface area contributed by atoms with Crippen LogP contribution in [0.25, 0.3) is 5.69 Å². The molecule has 0 unspecified atom stereocenters. The lowest BCUT2D eigenvalue weighted by Gasteiger charge is -2.22. The number of carboxylic acids is 1. The molecule has 1 aromatic heterocycles. The van der Waals surface area contributed by atoms with Crippen LogP contribution < -0.4 is 0 Å². The molecular weight excluding hydrogens is 328 g/mol. The summed E-state index contributed by atoms with van der Waals surface area (Å²) in [6.45, 7) is 1.61. The number of benzene rings is 2. The van der Waals surface area contributed by atoms with Gasteiger partial charge in [-0.05, 0) is 48.2 Å². The lowest BCUT2D eigenvalue weighted by atomic mass is 10.1. The molecule has 1 saturated carbocycles. The maximum atomic E-state index is 11.2. The molecule has 1 heterocycles. The summed E-state index contributed by atoms with van der Waals surface area (Å²) in [4.78, 5) is 17.6. The van der Waals surface area contributed by atoms with Gasteiger partial charge in [0.1, 0.15) is 12.7 Å². The van der Waals surface area contributed by atoms with Gasteiger partial charge in [-0.2, -0.15) is 5.10 Å². The Morgan fingerprint density at radius 3 is 2.54 bits per heavy atom. The Morgan fingerprint density at radius 2 is 1.88 bits per heavy atom. The predicted octanol–water partition coefficient (Wildman–Crippen LogP) is 3.13. The molecule has 1 fully saturated rings. The van der Waals surface area contributed by atoms with Gasteiger partial charge in [0.2, 0.25) is 0 Å². The van der Waals surface area contributed by atoms with Gasteiger partial charge in [0.05, 0.1) is 11.3 Å². The normalized spacial score (nSPS) is 13.9. The molecule has 0 radical (unpaired) electrons. The number of nitrogens with zero attached hydrogens (tertiary/aromatic N) is 4. The molecule has 0 spiro atoms. The number of aromatic carboxylic acids is 1. The minimum atomic E-state index is -0.881. The average molecular weight is 348 g/mol. The smallest absolute Gasteiger partial charge is 0.335 e. The van der Waals surface area contributed by atoms with E-state index >= 15 is 0 Å². The number of carbonyl (C=O) groups is 1. The maximum Gasteiger partial charge on any atom is 0.335 e. The van der Waals surface area contributed by atoms with Crippen LogP contribution >= 0.6 is 0 Å². The van der Waals surface area contributed by atoms with E-state index in [0.717, 1.165) is 24.3 Å². The quantitative estimate of drug-likeness (QED) is 0.710. The van der Waals surface area contributed by atoms with E-state index in [0.29, 0.717) is 11.6 Å². The zero-order valence-electron chi connectivity index (χ0n) is 14.3. The second kappa shape index (κ2) is 7.09. The van der Waals surface area contributed by atoms with Crippen LogP contribution in [0.1, 0.15) is 34.3 Å². The summed E-state index contributed by atoms with van der Waals surface area (Å²) in [5.41, 5.74) is 3.60. The summed E-state index contributed by atoms with van der Waals surface area (Å²) in [6, 6.07) is 16.1. The van der Waals surface area contributed by atoms with Crippen molar-refractivity contribution in [2.75, 3.05) is 0 Å². The first-order valence-corrected chi connectivity index (χ1v) is 8.69. The van der Waals surface area contributed by atoms with E-state index in [4.69, 9.17) is 0 Å². The molecule has 3 aromatic rings. The van der Waals surface area contributed by atoms with Gasteiger partial charge < -0.3 is 5.11 Å². The highest BCUT2D eigenvalue weighted by atomic mass is 16.4. The van der Waals surface area contributed by atoms with Crippen molar-refractivity contribution in [3.63, 3.8) is 0 Å². The number of aromatic nitrogens is 3. The first-order valence-electron chi connectivity index (χ1n) is 8.69. The van der Waals surface area contributed by atoms with Crippen LogP contribution in [-0.2, 0) is 13.1 Å². The fraction of sp³-hybridized carbons (Fsp3) is 0.250. The Balaban J connectivity index is 1.47. The SMILES string of the molecule is O=C(O)c1cccc(CN(Cc2ccc(-n3cncn3)cc2)C2CC2)c1. The third-order valence-electron chi connectivity index (χ3n) is 4.63. The van der Waals surface area contributed by atoms with E-state index in [1.165, 1.54) is 24.7 Å². The van der Waals surface area contributed by atoms with Gasteiger partial charge in [-0.15, -0.1) is 0 Å². The average Bonchev–Trinajstić information content (AvgIpc) is 3.36. The third-order valence-corrected chi connectivity index (χ3v) is 4.63. The van der Waals surface area contributed by atoms with E-state index in [-0.39, 0.29) is 0 Å². The highest BCUT2D eigenvalue weighted by molar-refractivity contribution is 5.87. The number of hydrogen-bond donors (Lipinski definition) is 1. The van der Waals surface area contributed by atoms with Crippen LogP contribution in [0.4, 0.5) is 0 Å². The van der Waals surface area contributed by atoms with Crippen LogP contribution in [0.2, 0.25) is 0 Å². The first kappa shape index (κ1) is 16.5. The molecule has 0 saturated heterocycles. The summed E-state index contributed by atoms with van der Waals surface area (Å²) >= 11 is 0. The van der Waals surface area contributed by atoms with Crippen molar-refractivity contribution in [3.05, 3.63) is 77.9 Å². The summed E-state index contributed by atoms with van der Waals surface area (Å²) < 4.78 is 1.74. The lowest BCUT2D eigenvalue weighted by Crippen LogP contribution is -2.25. The molecule has 1 N–H and O–H groups in total. The second-order valence-electron chi connectivity index (χ2n) is 6.65. The first-order chi connectivity index (χ1) is 12.7. The zero-order chi connectivity index (χ0) is 17.9. The predicted molar refractivity (Wildman–Crippen MR) is 97.0 cm³/mol. The Labute approximate surface area is 151 Å². The van der Waals surface area contributed by atoms with Crippen molar-refractivity contribution in [2.45, 2.75) is 32.0 Å². The van der Waals surface area contributed by atoms with Gasteiger partial charge in [0.25, 0.3) is 0 Å². The minimum Gasteiger partial charge on any atom is -0.478 e. The van der Waals surface area contributed by atoms with E-state index in [1.807, 2.05) is 24.3 Å². The molecular formula is C20H20N4O2. The van der Waals surface area contributed by atoms with E-state index in [2.05, 4.69) is 27.1 Å². The number of carboxylic acid groups (broad SMARTS) is 1. The fourth-order valence-electron chi connectivity index (χ4n) is 3.12. The van der Waals surface area contributed by atoms with Crippen LogP contribution in [-0.4, -0.2) is 36.8 Å². The zero-order valence-corrected chi connectivity index (χ0v) is 14.3. The van der Waals surface area contributed by atoms with Gasteiger partial charge >= 0.3 is 5.97 Å². The van der Waals surface area contributed by atoms with E-state index in [1.54, 1.807) is 23.1 Å². The molecule has 6 heteroatoms. The van der Waals surface area contributed by atoms with E-state index in [9.17, 15) is 9.90 Å². The molecule has 2 aromatic carbocycles. The van der Waals surface area contributed by atoms with Crippen LogP contribution in [0.15, 0.2) is 61.2 Å². The van der Waals surface area contributed by atoms with Crippen molar-refractivity contribution in [1.29, 1.82) is 0 Å². The Hall–Kier alpha value is -2.99. The van der Waals surface area contributed by atoms with Crippen molar-refractivity contribution in [1.82, 2.24) is 19.7 Å². The van der Waals surface area contributed by atoms with Gasteiger partial charge in [0, 0.05) is 19.1 Å². The van der Waals surface area contributed by atoms with Gasteiger partial charge in [-0.25, -0.2) is 14.5 Å². The van der Waals surface area contributed by atoms with Gasteiger partial charge in [0.15, 0.2) is 0 Å². The summed E-state index contributed by atoms with van der Waals surface area (Å²) in [5, 5.41) is 13.3. The summed E-state index contributed by atoms with van der Waals surface area (Å²) in [5.74, 6) is -0.881. The molecule has 6 nitrogen and oxygen atoms in total. The summed E-state index contributed by atoms with van der Waals surface area (Å²) in [6.07, 6.45) is 5.61.